The molecule has 0 amide bonds. The number of nitrogens with zero attached hydrogens (tertiary/aromatic N) is 1. The lowest BCUT2D eigenvalue weighted by atomic mass is 10.2. The van der Waals surface area contributed by atoms with Crippen LogP contribution in [0.3, 0.4) is 0 Å². The highest BCUT2D eigenvalue weighted by atomic mass is 32.2. The number of hydrogen-bond acceptors (Lipinski definition) is 4. The van der Waals surface area contributed by atoms with Crippen LogP contribution in [0.4, 0.5) is 0 Å². The molecule has 1 unspecified atom stereocenters. The van der Waals surface area contributed by atoms with Crippen molar-refractivity contribution >= 4 is 16.0 Å². The second-order valence-corrected chi connectivity index (χ2v) is 5.39. The third-order valence-corrected chi connectivity index (χ3v) is 3.55. The van der Waals surface area contributed by atoms with E-state index in [1.165, 1.54) is 6.20 Å². The zero-order valence-electron chi connectivity index (χ0n) is 9.38. The Morgan fingerprint density at radius 1 is 1.65 bits per heavy atom. The molecule has 1 aromatic rings. The minimum atomic E-state index is -3.60. The summed E-state index contributed by atoms with van der Waals surface area (Å²) < 4.78 is 25.6. The average molecular weight is 261 g/mol. The molecule has 0 bridgehead atoms. The number of hydrogen-bond donors (Lipinski definition) is 3. The van der Waals surface area contributed by atoms with Crippen LogP contribution in [-0.4, -0.2) is 35.2 Å². The molecular formula is C9H15N3O4S. The van der Waals surface area contributed by atoms with Crippen LogP contribution < -0.4 is 4.72 Å². The van der Waals surface area contributed by atoms with E-state index >= 15 is 0 Å². The minimum absolute atomic E-state index is 0.413. The van der Waals surface area contributed by atoms with Crippen molar-refractivity contribution in [2.45, 2.75) is 25.8 Å². The molecule has 0 aliphatic rings. The lowest BCUT2D eigenvalue weighted by Gasteiger charge is -2.14. The molecule has 1 atom stereocenters. The van der Waals surface area contributed by atoms with Crippen LogP contribution in [0.15, 0.2) is 12.4 Å². The van der Waals surface area contributed by atoms with Crippen LogP contribution in [0.5, 0.6) is 0 Å². The molecule has 0 aliphatic carbocycles. The molecule has 1 heterocycles. The fourth-order valence-electron chi connectivity index (χ4n) is 1.30. The third-order valence-electron chi connectivity index (χ3n) is 2.16. The summed E-state index contributed by atoms with van der Waals surface area (Å²) in [5, 5.41) is 8.44. The number of carboxylic acids is 1. The quantitative estimate of drug-likeness (QED) is 0.651. The molecule has 8 heteroatoms. The van der Waals surface area contributed by atoms with Crippen LogP contribution in [0, 0.1) is 0 Å². The van der Waals surface area contributed by atoms with E-state index < -0.39 is 34.2 Å². The summed E-state index contributed by atoms with van der Waals surface area (Å²) in [5.74, 6) is -1.05. The summed E-state index contributed by atoms with van der Waals surface area (Å²) in [5.41, 5.74) is 0. The van der Waals surface area contributed by atoms with Gasteiger partial charge in [-0.05, 0) is 6.42 Å². The first-order valence-electron chi connectivity index (χ1n) is 5.15. The number of aromatic nitrogens is 2. The molecule has 17 heavy (non-hydrogen) atoms. The van der Waals surface area contributed by atoms with Crippen molar-refractivity contribution in [1.29, 1.82) is 0 Å². The zero-order chi connectivity index (χ0) is 12.9. The van der Waals surface area contributed by atoms with Gasteiger partial charge in [0.25, 0.3) is 0 Å². The Bertz CT molecular complexity index is 455. The first kappa shape index (κ1) is 13.7. The van der Waals surface area contributed by atoms with E-state index in [1.807, 2.05) is 6.92 Å². The van der Waals surface area contributed by atoms with Gasteiger partial charge in [0, 0.05) is 12.4 Å². The third kappa shape index (κ3) is 4.53. The van der Waals surface area contributed by atoms with Gasteiger partial charge >= 0.3 is 5.97 Å². The lowest BCUT2D eigenvalue weighted by molar-refractivity contribution is -0.136. The standard InChI is InChI=1S/C9H15N3O4S/c1-2-7(9-10-4-5-11-9)12-17(15,16)6-3-8(13)14/h4-5,7,12H,2-3,6H2,1H3,(H,10,11)(H,13,14). The maximum atomic E-state index is 11.6. The molecule has 0 aliphatic heterocycles. The molecule has 7 nitrogen and oxygen atoms in total. The SMILES string of the molecule is CCC(NS(=O)(=O)CCC(=O)O)c1ncc[nH]1. The first-order valence-corrected chi connectivity index (χ1v) is 6.81. The van der Waals surface area contributed by atoms with E-state index in [4.69, 9.17) is 5.11 Å². The number of sulfonamides is 1. The summed E-state index contributed by atoms with van der Waals surface area (Å²) in [7, 11) is -3.60. The number of carbonyl (C=O) groups is 1. The van der Waals surface area contributed by atoms with Gasteiger partial charge in [0.2, 0.25) is 10.0 Å². The number of aliphatic carboxylic acids is 1. The van der Waals surface area contributed by atoms with Gasteiger partial charge in [-0.1, -0.05) is 6.92 Å². The predicted molar refractivity (Wildman–Crippen MR) is 60.8 cm³/mol. The highest BCUT2D eigenvalue weighted by molar-refractivity contribution is 7.89. The van der Waals surface area contributed by atoms with Crippen LogP contribution in [-0.2, 0) is 14.8 Å². The normalized spacial score (nSPS) is 13.5. The van der Waals surface area contributed by atoms with Crippen LogP contribution in [0.1, 0.15) is 31.6 Å². The van der Waals surface area contributed by atoms with Crippen molar-refractivity contribution in [2.75, 3.05) is 5.75 Å². The molecular weight excluding hydrogens is 246 g/mol. The summed E-state index contributed by atoms with van der Waals surface area (Å²) in [6.07, 6.45) is 3.25. The second-order valence-electron chi connectivity index (χ2n) is 3.52. The topological polar surface area (TPSA) is 112 Å². The zero-order valence-corrected chi connectivity index (χ0v) is 10.2. The monoisotopic (exact) mass is 261 g/mol. The van der Waals surface area contributed by atoms with Gasteiger partial charge in [-0.25, -0.2) is 18.1 Å². The highest BCUT2D eigenvalue weighted by Gasteiger charge is 2.20. The van der Waals surface area contributed by atoms with E-state index in [-0.39, 0.29) is 0 Å². The number of imidazole rings is 1. The van der Waals surface area contributed by atoms with E-state index in [0.717, 1.165) is 0 Å². The van der Waals surface area contributed by atoms with Crippen molar-refractivity contribution in [3.05, 3.63) is 18.2 Å². The Morgan fingerprint density at radius 2 is 2.35 bits per heavy atom. The summed E-state index contributed by atoms with van der Waals surface area (Å²) in [4.78, 5) is 17.1. The number of aromatic amines is 1. The lowest BCUT2D eigenvalue weighted by Crippen LogP contribution is -2.31. The number of rotatable bonds is 7. The van der Waals surface area contributed by atoms with Gasteiger partial charge in [-0.15, -0.1) is 0 Å². The summed E-state index contributed by atoms with van der Waals surface area (Å²) in [6, 6.07) is -0.455. The smallest absolute Gasteiger partial charge is 0.304 e. The van der Waals surface area contributed by atoms with Crippen molar-refractivity contribution in [3.63, 3.8) is 0 Å². The van der Waals surface area contributed by atoms with Crippen molar-refractivity contribution in [2.24, 2.45) is 0 Å². The van der Waals surface area contributed by atoms with Crippen molar-refractivity contribution in [3.8, 4) is 0 Å². The maximum Gasteiger partial charge on any atom is 0.304 e. The molecule has 0 fully saturated rings. The van der Waals surface area contributed by atoms with Crippen LogP contribution in [0.25, 0.3) is 0 Å². The molecule has 96 valence electrons. The van der Waals surface area contributed by atoms with E-state index in [9.17, 15) is 13.2 Å². The van der Waals surface area contributed by atoms with Gasteiger partial charge in [0.05, 0.1) is 18.2 Å². The van der Waals surface area contributed by atoms with Crippen molar-refractivity contribution in [1.82, 2.24) is 14.7 Å². The van der Waals surface area contributed by atoms with E-state index in [0.29, 0.717) is 12.2 Å². The number of carboxylic acid groups (broad SMARTS) is 1. The van der Waals surface area contributed by atoms with Gasteiger partial charge in [0.15, 0.2) is 0 Å². The number of H-pyrrole nitrogens is 1. The number of nitrogens with one attached hydrogen (secondary N) is 2. The van der Waals surface area contributed by atoms with Gasteiger partial charge in [-0.2, -0.15) is 0 Å². The molecule has 0 aromatic carbocycles. The molecule has 0 saturated heterocycles. The summed E-state index contributed by atoms with van der Waals surface area (Å²) >= 11 is 0. The second kappa shape index (κ2) is 5.78. The molecule has 3 N–H and O–H groups in total. The van der Waals surface area contributed by atoms with E-state index in [1.54, 1.807) is 6.20 Å². The molecule has 0 radical (unpaired) electrons. The highest BCUT2D eigenvalue weighted by Crippen LogP contribution is 2.12. The maximum absolute atomic E-state index is 11.6. The van der Waals surface area contributed by atoms with Gasteiger partial charge in [-0.3, -0.25) is 4.79 Å². The van der Waals surface area contributed by atoms with Crippen LogP contribution >= 0.6 is 0 Å². The Balaban J connectivity index is 2.65. The van der Waals surface area contributed by atoms with E-state index in [2.05, 4.69) is 14.7 Å². The molecule has 1 aromatic heterocycles. The van der Waals surface area contributed by atoms with Crippen molar-refractivity contribution < 1.29 is 18.3 Å². The first-order chi connectivity index (χ1) is 7.94. The predicted octanol–water partition coefficient (Wildman–Crippen LogP) is 0.255. The Kier molecular flexibility index (Phi) is 4.64. The average Bonchev–Trinajstić information content (AvgIpc) is 2.77. The Labute approximate surface area is 99.3 Å². The van der Waals surface area contributed by atoms with Gasteiger partial charge in [0.1, 0.15) is 5.82 Å². The largest absolute Gasteiger partial charge is 0.481 e. The Morgan fingerprint density at radius 3 is 2.82 bits per heavy atom. The molecule has 0 saturated carbocycles. The fourth-order valence-corrected chi connectivity index (χ4v) is 2.57. The fraction of sp³-hybridized carbons (Fsp3) is 0.556. The van der Waals surface area contributed by atoms with Crippen LogP contribution in [0.2, 0.25) is 0 Å². The molecule has 0 spiro atoms. The minimum Gasteiger partial charge on any atom is -0.481 e. The Hall–Kier alpha value is -1.41. The van der Waals surface area contributed by atoms with Gasteiger partial charge < -0.3 is 10.1 Å². The summed E-state index contributed by atoms with van der Waals surface area (Å²) in [6.45, 7) is 1.81. The molecule has 1 rings (SSSR count).